The van der Waals surface area contributed by atoms with Crippen molar-refractivity contribution in [2.24, 2.45) is 5.73 Å². The number of nitrogens with two attached hydrogens (primary N) is 2. The highest BCUT2D eigenvalue weighted by molar-refractivity contribution is 6.23. The maximum absolute atomic E-state index is 12.2. The minimum Gasteiger partial charge on any atom is -0.384 e. The average molecular weight is 313 g/mol. The van der Waals surface area contributed by atoms with Crippen LogP contribution in [0.2, 0.25) is 0 Å². The van der Waals surface area contributed by atoms with E-state index in [0.29, 0.717) is 11.4 Å². The summed E-state index contributed by atoms with van der Waals surface area (Å²) >= 11 is 0. The molecule has 0 bridgehead atoms. The van der Waals surface area contributed by atoms with E-state index in [4.69, 9.17) is 11.5 Å². The summed E-state index contributed by atoms with van der Waals surface area (Å²) in [6.07, 6.45) is 0. The lowest BCUT2D eigenvalue weighted by atomic mass is 10.1. The van der Waals surface area contributed by atoms with Crippen LogP contribution in [-0.2, 0) is 0 Å². The number of urea groups is 1. The first kappa shape index (κ1) is 14.3. The van der Waals surface area contributed by atoms with Crippen LogP contribution in [0.3, 0.4) is 0 Å². The first-order chi connectivity index (χ1) is 10.9. The summed E-state index contributed by atoms with van der Waals surface area (Å²) in [5.41, 5.74) is 11.1. The minimum atomic E-state index is -0.720. The topological polar surface area (TPSA) is 149 Å². The Morgan fingerprint density at radius 2 is 1.74 bits per heavy atom. The van der Waals surface area contributed by atoms with Crippen LogP contribution in [0.5, 0.6) is 0 Å². The number of anilines is 2. The summed E-state index contributed by atoms with van der Waals surface area (Å²) in [6, 6.07) is 6.41. The third kappa shape index (κ3) is 2.29. The monoisotopic (exact) mass is 313 g/mol. The molecule has 1 aromatic heterocycles. The lowest BCUT2D eigenvalue weighted by molar-refractivity contribution is 0.0880. The van der Waals surface area contributed by atoms with Gasteiger partial charge in [0.15, 0.2) is 0 Å². The van der Waals surface area contributed by atoms with E-state index in [2.05, 4.69) is 10.6 Å². The zero-order chi connectivity index (χ0) is 16.7. The van der Waals surface area contributed by atoms with Crippen molar-refractivity contribution in [3.05, 3.63) is 51.8 Å². The Balaban J connectivity index is 2.13. The Kier molecular flexibility index (Phi) is 3.10. The number of rotatable bonds is 2. The summed E-state index contributed by atoms with van der Waals surface area (Å²) in [5.74, 6) is -1.43. The molecule has 0 unspecified atom stereocenters. The fourth-order valence-electron chi connectivity index (χ4n) is 2.38. The van der Waals surface area contributed by atoms with Gasteiger partial charge in [0.2, 0.25) is 0 Å². The summed E-state index contributed by atoms with van der Waals surface area (Å²) in [7, 11) is 0. The molecule has 4 amide bonds. The number of amides is 4. The van der Waals surface area contributed by atoms with E-state index in [0.717, 1.165) is 10.6 Å². The second-order valence-electron chi connectivity index (χ2n) is 4.81. The fraction of sp³-hybridized carbons (Fsp3) is 0. The number of hydrogen-bond donors (Lipinski definition) is 4. The second-order valence-corrected chi connectivity index (χ2v) is 4.81. The normalized spacial score (nSPS) is 12.7. The Morgan fingerprint density at radius 1 is 1.09 bits per heavy atom. The van der Waals surface area contributed by atoms with E-state index in [1.54, 1.807) is 0 Å². The van der Waals surface area contributed by atoms with Crippen molar-refractivity contribution in [2.75, 3.05) is 11.1 Å². The number of primary amides is 1. The number of nitrogens with one attached hydrogen (secondary N) is 2. The van der Waals surface area contributed by atoms with Crippen LogP contribution in [0, 0.1) is 0 Å². The maximum Gasteiger partial charge on any atom is 0.316 e. The molecule has 0 radical (unpaired) electrons. The fourth-order valence-corrected chi connectivity index (χ4v) is 2.38. The first-order valence-electron chi connectivity index (χ1n) is 6.46. The molecule has 2 heterocycles. The number of hydrogen-bond acceptors (Lipinski definition) is 5. The molecular weight excluding hydrogens is 302 g/mol. The van der Waals surface area contributed by atoms with Gasteiger partial charge in [0.05, 0.1) is 16.8 Å². The van der Waals surface area contributed by atoms with Crippen LogP contribution in [0.15, 0.2) is 35.1 Å². The van der Waals surface area contributed by atoms with E-state index in [-0.39, 0.29) is 16.9 Å². The second kappa shape index (κ2) is 4.98. The van der Waals surface area contributed by atoms with Crippen molar-refractivity contribution in [1.29, 1.82) is 0 Å². The highest BCUT2D eigenvalue weighted by atomic mass is 16.2. The molecule has 3 rings (SSSR count). The third-order valence-corrected chi connectivity index (χ3v) is 3.35. The van der Waals surface area contributed by atoms with Crippen LogP contribution >= 0.6 is 0 Å². The Labute approximate surface area is 128 Å². The summed E-state index contributed by atoms with van der Waals surface area (Å²) < 4.78 is 1.10. The van der Waals surface area contributed by atoms with Crippen molar-refractivity contribution >= 4 is 29.4 Å². The van der Waals surface area contributed by atoms with Crippen molar-refractivity contribution in [1.82, 2.24) is 9.88 Å². The molecule has 1 aromatic carbocycles. The average Bonchev–Trinajstić information content (AvgIpc) is 2.75. The molecule has 1 aliphatic heterocycles. The molecule has 0 spiro atoms. The van der Waals surface area contributed by atoms with Crippen LogP contribution in [0.1, 0.15) is 20.7 Å². The molecular formula is C14H11N5O4. The third-order valence-electron chi connectivity index (χ3n) is 3.35. The number of pyridine rings is 1. The van der Waals surface area contributed by atoms with Crippen molar-refractivity contribution in [3.63, 3.8) is 0 Å². The summed E-state index contributed by atoms with van der Waals surface area (Å²) in [4.78, 5) is 46.4. The van der Waals surface area contributed by atoms with E-state index >= 15 is 0 Å². The Morgan fingerprint density at radius 3 is 2.35 bits per heavy atom. The molecule has 0 atom stereocenters. The molecule has 0 saturated heterocycles. The van der Waals surface area contributed by atoms with Gasteiger partial charge < -0.3 is 16.8 Å². The van der Waals surface area contributed by atoms with Gasteiger partial charge in [-0.3, -0.25) is 24.3 Å². The Hall–Kier alpha value is -3.62. The predicted molar refractivity (Wildman–Crippen MR) is 81.5 cm³/mol. The number of nitrogen functional groups attached to an aromatic ring is 1. The molecule has 0 fully saturated rings. The van der Waals surface area contributed by atoms with Gasteiger partial charge in [-0.05, 0) is 24.3 Å². The standard InChI is InChI=1S/C14H11N5O4/c15-11-10-8(12(21)18-13(10)22)5-9(20)19(11)7-3-1-6(2-4-7)17-14(16)23/h1-5H,15H2,(H3,16,17,23)(H,18,21,22). The zero-order valence-corrected chi connectivity index (χ0v) is 11.6. The SMILES string of the molecule is NC(=O)Nc1ccc(-n2c(N)c3c(cc2=O)C(=O)NC3=O)cc1. The smallest absolute Gasteiger partial charge is 0.316 e. The lowest BCUT2D eigenvalue weighted by Gasteiger charge is -2.12. The largest absolute Gasteiger partial charge is 0.384 e. The van der Waals surface area contributed by atoms with E-state index in [1.807, 2.05) is 0 Å². The molecule has 6 N–H and O–H groups in total. The van der Waals surface area contributed by atoms with E-state index < -0.39 is 23.4 Å². The van der Waals surface area contributed by atoms with Crippen molar-refractivity contribution in [3.8, 4) is 5.69 Å². The quantitative estimate of drug-likeness (QED) is 0.566. The van der Waals surface area contributed by atoms with Crippen LogP contribution in [-0.4, -0.2) is 22.4 Å². The molecule has 2 aromatic rings. The van der Waals surface area contributed by atoms with Gasteiger partial charge in [0.25, 0.3) is 17.4 Å². The van der Waals surface area contributed by atoms with Gasteiger partial charge in [0.1, 0.15) is 5.82 Å². The molecule has 23 heavy (non-hydrogen) atoms. The molecule has 0 aliphatic carbocycles. The maximum atomic E-state index is 12.2. The summed E-state index contributed by atoms with van der Waals surface area (Å²) in [6.45, 7) is 0. The zero-order valence-electron chi connectivity index (χ0n) is 11.6. The molecule has 1 aliphatic rings. The number of fused-ring (bicyclic) bond motifs is 1. The van der Waals surface area contributed by atoms with Crippen LogP contribution < -0.4 is 27.7 Å². The van der Waals surface area contributed by atoms with Gasteiger partial charge in [-0.2, -0.15) is 0 Å². The molecule has 9 nitrogen and oxygen atoms in total. The highest BCUT2D eigenvalue weighted by Gasteiger charge is 2.31. The highest BCUT2D eigenvalue weighted by Crippen LogP contribution is 2.23. The van der Waals surface area contributed by atoms with Gasteiger partial charge in [0, 0.05) is 11.8 Å². The van der Waals surface area contributed by atoms with Crippen LogP contribution in [0.25, 0.3) is 5.69 Å². The van der Waals surface area contributed by atoms with Crippen molar-refractivity contribution < 1.29 is 14.4 Å². The van der Waals surface area contributed by atoms with Gasteiger partial charge in [-0.1, -0.05) is 0 Å². The summed E-state index contributed by atoms with van der Waals surface area (Å²) in [5, 5.41) is 4.47. The van der Waals surface area contributed by atoms with Gasteiger partial charge in [-0.15, -0.1) is 0 Å². The number of carbonyl (C=O) groups excluding carboxylic acids is 3. The number of benzene rings is 1. The Bertz CT molecular complexity index is 914. The predicted octanol–water partition coefficient (Wildman–Crippen LogP) is -0.206. The van der Waals surface area contributed by atoms with Crippen molar-refractivity contribution in [2.45, 2.75) is 0 Å². The number of carbonyl (C=O) groups is 3. The molecule has 0 saturated carbocycles. The number of nitrogens with zero attached hydrogens (tertiary/aromatic N) is 1. The molecule has 116 valence electrons. The first-order valence-corrected chi connectivity index (χ1v) is 6.46. The number of imide groups is 1. The van der Waals surface area contributed by atoms with Gasteiger partial charge >= 0.3 is 6.03 Å². The number of aromatic nitrogens is 1. The lowest BCUT2D eigenvalue weighted by Crippen LogP contribution is -2.24. The van der Waals surface area contributed by atoms with Crippen LogP contribution in [0.4, 0.5) is 16.3 Å². The van der Waals surface area contributed by atoms with Gasteiger partial charge in [-0.25, -0.2) is 4.79 Å². The van der Waals surface area contributed by atoms with E-state index in [9.17, 15) is 19.2 Å². The molecule has 9 heteroatoms. The van der Waals surface area contributed by atoms with E-state index in [1.165, 1.54) is 24.3 Å². The minimum absolute atomic E-state index is 0.0334.